The summed E-state index contributed by atoms with van der Waals surface area (Å²) in [6, 6.07) is 0. The van der Waals surface area contributed by atoms with Crippen molar-refractivity contribution in [3.63, 3.8) is 0 Å². The van der Waals surface area contributed by atoms with Crippen LogP contribution in [0.15, 0.2) is 0 Å². The van der Waals surface area contributed by atoms with Crippen LogP contribution in [0.1, 0.15) is 39.5 Å². The van der Waals surface area contributed by atoms with Crippen LogP contribution in [-0.2, 0) is 9.53 Å². The number of nitrogens with one attached hydrogen (secondary N) is 1. The molecule has 0 aromatic carbocycles. The van der Waals surface area contributed by atoms with Gasteiger partial charge in [0.15, 0.2) is 0 Å². The third kappa shape index (κ3) is 2.47. The standard InChI is InChI=1S/C13H24N2O2/c1-10-6-13(7-10,8-14)11(16)15-9-12(2)4-3-5-17-12/h10H,3-9,14H2,1-2H3,(H,15,16). The molecule has 0 radical (unpaired) electrons. The Bertz CT molecular complexity index is 292. The third-order valence-electron chi connectivity index (χ3n) is 4.27. The number of nitrogens with two attached hydrogens (primary N) is 1. The summed E-state index contributed by atoms with van der Waals surface area (Å²) in [4.78, 5) is 12.2. The molecule has 2 aliphatic rings. The second-order valence-electron chi connectivity index (χ2n) is 6.08. The highest BCUT2D eigenvalue weighted by atomic mass is 16.5. The number of rotatable bonds is 4. The number of hydrogen-bond acceptors (Lipinski definition) is 3. The van der Waals surface area contributed by atoms with Gasteiger partial charge in [-0.05, 0) is 38.5 Å². The minimum Gasteiger partial charge on any atom is -0.373 e. The molecule has 1 amide bonds. The van der Waals surface area contributed by atoms with Crippen molar-refractivity contribution in [3.05, 3.63) is 0 Å². The lowest BCUT2D eigenvalue weighted by Crippen LogP contribution is -2.55. The molecule has 2 fully saturated rings. The maximum atomic E-state index is 12.2. The van der Waals surface area contributed by atoms with E-state index in [0.717, 1.165) is 32.3 Å². The lowest BCUT2D eigenvalue weighted by molar-refractivity contribution is -0.139. The molecule has 1 saturated heterocycles. The van der Waals surface area contributed by atoms with E-state index >= 15 is 0 Å². The maximum absolute atomic E-state index is 12.2. The summed E-state index contributed by atoms with van der Waals surface area (Å²) < 4.78 is 5.66. The molecule has 1 aliphatic carbocycles. The predicted molar refractivity (Wildman–Crippen MR) is 66.5 cm³/mol. The van der Waals surface area contributed by atoms with Crippen LogP contribution >= 0.6 is 0 Å². The van der Waals surface area contributed by atoms with Gasteiger partial charge >= 0.3 is 0 Å². The normalized spacial score (nSPS) is 41.0. The molecule has 17 heavy (non-hydrogen) atoms. The first-order chi connectivity index (χ1) is 8.00. The smallest absolute Gasteiger partial charge is 0.227 e. The summed E-state index contributed by atoms with van der Waals surface area (Å²) in [5.41, 5.74) is 5.29. The van der Waals surface area contributed by atoms with Gasteiger partial charge in [0.25, 0.3) is 0 Å². The average Bonchev–Trinajstić information content (AvgIpc) is 2.69. The molecule has 1 aliphatic heterocycles. The van der Waals surface area contributed by atoms with E-state index in [0.29, 0.717) is 19.0 Å². The predicted octanol–water partition coefficient (Wildman–Crippen LogP) is 1.05. The number of ether oxygens (including phenoxy) is 1. The topological polar surface area (TPSA) is 64.4 Å². The monoisotopic (exact) mass is 240 g/mol. The van der Waals surface area contributed by atoms with Crippen LogP contribution in [0.4, 0.5) is 0 Å². The van der Waals surface area contributed by atoms with Gasteiger partial charge in [0.05, 0.1) is 11.0 Å². The van der Waals surface area contributed by atoms with E-state index in [4.69, 9.17) is 10.5 Å². The first-order valence-electron chi connectivity index (χ1n) is 6.62. The van der Waals surface area contributed by atoms with E-state index in [1.165, 1.54) is 0 Å². The van der Waals surface area contributed by atoms with Gasteiger partial charge in [-0.3, -0.25) is 4.79 Å². The van der Waals surface area contributed by atoms with E-state index in [-0.39, 0.29) is 16.9 Å². The number of carbonyl (C=O) groups excluding carboxylic acids is 1. The Labute approximate surface area is 103 Å². The van der Waals surface area contributed by atoms with Crippen molar-refractivity contribution in [1.82, 2.24) is 5.32 Å². The van der Waals surface area contributed by atoms with Gasteiger partial charge in [0.1, 0.15) is 0 Å². The van der Waals surface area contributed by atoms with Crippen LogP contribution < -0.4 is 11.1 Å². The number of amides is 1. The molecule has 0 bridgehead atoms. The van der Waals surface area contributed by atoms with Gasteiger partial charge in [-0.2, -0.15) is 0 Å². The first-order valence-corrected chi connectivity index (χ1v) is 6.62. The summed E-state index contributed by atoms with van der Waals surface area (Å²) in [5.74, 6) is 0.748. The van der Waals surface area contributed by atoms with Crippen molar-refractivity contribution in [2.75, 3.05) is 19.7 Å². The molecule has 0 spiro atoms. The van der Waals surface area contributed by atoms with E-state index in [1.54, 1.807) is 0 Å². The van der Waals surface area contributed by atoms with E-state index in [2.05, 4.69) is 19.2 Å². The highest BCUT2D eigenvalue weighted by Crippen LogP contribution is 2.44. The zero-order valence-corrected chi connectivity index (χ0v) is 10.9. The zero-order valence-electron chi connectivity index (χ0n) is 10.9. The van der Waals surface area contributed by atoms with Crippen LogP contribution in [0, 0.1) is 11.3 Å². The number of carbonyl (C=O) groups is 1. The lowest BCUT2D eigenvalue weighted by atomic mass is 9.62. The van der Waals surface area contributed by atoms with Crippen molar-refractivity contribution < 1.29 is 9.53 Å². The van der Waals surface area contributed by atoms with E-state index in [1.807, 2.05) is 0 Å². The molecule has 4 nitrogen and oxygen atoms in total. The Hall–Kier alpha value is -0.610. The average molecular weight is 240 g/mol. The largest absolute Gasteiger partial charge is 0.373 e. The molecular weight excluding hydrogens is 216 g/mol. The summed E-state index contributed by atoms with van der Waals surface area (Å²) in [6.45, 7) is 6.12. The Morgan fingerprint density at radius 2 is 2.24 bits per heavy atom. The molecule has 1 atom stereocenters. The molecule has 0 aromatic heterocycles. The fourth-order valence-electron chi connectivity index (χ4n) is 3.15. The fraction of sp³-hybridized carbons (Fsp3) is 0.923. The van der Waals surface area contributed by atoms with Gasteiger partial charge in [-0.1, -0.05) is 6.92 Å². The first kappa shape index (κ1) is 12.8. The summed E-state index contributed by atoms with van der Waals surface area (Å²) in [6.07, 6.45) is 3.96. The van der Waals surface area contributed by atoms with E-state index in [9.17, 15) is 4.79 Å². The van der Waals surface area contributed by atoms with Crippen LogP contribution in [0.25, 0.3) is 0 Å². The third-order valence-corrected chi connectivity index (χ3v) is 4.27. The van der Waals surface area contributed by atoms with Gasteiger partial charge in [-0.15, -0.1) is 0 Å². The van der Waals surface area contributed by atoms with Crippen LogP contribution in [-0.4, -0.2) is 31.2 Å². The second kappa shape index (κ2) is 4.58. The van der Waals surface area contributed by atoms with Crippen LogP contribution in [0.2, 0.25) is 0 Å². The van der Waals surface area contributed by atoms with Gasteiger partial charge < -0.3 is 15.8 Å². The molecular formula is C13H24N2O2. The Kier molecular flexibility index (Phi) is 3.46. The molecule has 1 saturated carbocycles. The molecule has 0 aromatic rings. The van der Waals surface area contributed by atoms with Crippen LogP contribution in [0.3, 0.4) is 0 Å². The lowest BCUT2D eigenvalue weighted by Gasteiger charge is -2.44. The van der Waals surface area contributed by atoms with Crippen LogP contribution in [0.5, 0.6) is 0 Å². The molecule has 3 N–H and O–H groups in total. The molecule has 1 heterocycles. The number of hydrogen-bond donors (Lipinski definition) is 2. The van der Waals surface area contributed by atoms with Crippen molar-refractivity contribution in [1.29, 1.82) is 0 Å². The highest BCUT2D eigenvalue weighted by molar-refractivity contribution is 5.84. The molecule has 2 rings (SSSR count). The summed E-state index contributed by atoms with van der Waals surface area (Å²) >= 11 is 0. The maximum Gasteiger partial charge on any atom is 0.227 e. The quantitative estimate of drug-likeness (QED) is 0.772. The van der Waals surface area contributed by atoms with Crippen molar-refractivity contribution in [3.8, 4) is 0 Å². The van der Waals surface area contributed by atoms with Crippen molar-refractivity contribution in [2.45, 2.75) is 45.1 Å². The van der Waals surface area contributed by atoms with Gasteiger partial charge in [0, 0.05) is 19.7 Å². The fourth-order valence-corrected chi connectivity index (χ4v) is 3.15. The minimum atomic E-state index is -0.297. The van der Waals surface area contributed by atoms with E-state index < -0.39 is 0 Å². The molecule has 98 valence electrons. The Morgan fingerprint density at radius 3 is 2.71 bits per heavy atom. The summed E-state index contributed by atoms with van der Waals surface area (Å²) in [7, 11) is 0. The highest BCUT2D eigenvalue weighted by Gasteiger charge is 2.47. The molecule has 1 unspecified atom stereocenters. The van der Waals surface area contributed by atoms with Crippen molar-refractivity contribution >= 4 is 5.91 Å². The van der Waals surface area contributed by atoms with Crippen molar-refractivity contribution in [2.24, 2.45) is 17.1 Å². The molecule has 4 heteroatoms. The minimum absolute atomic E-state index is 0.120. The summed E-state index contributed by atoms with van der Waals surface area (Å²) in [5, 5.41) is 3.04. The van der Waals surface area contributed by atoms with Gasteiger partial charge in [0.2, 0.25) is 5.91 Å². The SMILES string of the molecule is CC1CC(CN)(C(=O)NCC2(C)CCCO2)C1. The Morgan fingerprint density at radius 1 is 1.53 bits per heavy atom. The zero-order chi connectivity index (χ0) is 12.5. The van der Waals surface area contributed by atoms with Gasteiger partial charge in [-0.25, -0.2) is 0 Å². The Balaban J connectivity index is 1.84. The second-order valence-corrected chi connectivity index (χ2v) is 6.08.